The highest BCUT2D eigenvalue weighted by molar-refractivity contribution is 5.94. The van der Waals surface area contributed by atoms with Crippen LogP contribution in [0.3, 0.4) is 0 Å². The zero-order valence-electron chi connectivity index (χ0n) is 14.8. The van der Waals surface area contributed by atoms with Gasteiger partial charge < -0.3 is 21.1 Å². The molecule has 0 aliphatic rings. The summed E-state index contributed by atoms with van der Waals surface area (Å²) in [4.78, 5) is 12.2. The Morgan fingerprint density at radius 2 is 1.85 bits per heavy atom. The maximum absolute atomic E-state index is 13.0. The zero-order valence-corrected chi connectivity index (χ0v) is 14.8. The number of ether oxygens (including phenoxy) is 1. The van der Waals surface area contributed by atoms with Crippen molar-refractivity contribution in [3.05, 3.63) is 59.7 Å². The average molecular weight is 381 g/mol. The number of nitrogens with one attached hydrogen (secondary N) is 2. The van der Waals surface area contributed by atoms with Crippen molar-refractivity contribution in [3.8, 4) is 0 Å². The molecule has 0 spiro atoms. The zero-order chi connectivity index (χ0) is 19.9. The lowest BCUT2D eigenvalue weighted by molar-refractivity contribution is -0.137. The number of hydrogen-bond donors (Lipinski definition) is 3. The van der Waals surface area contributed by atoms with Crippen molar-refractivity contribution in [3.63, 3.8) is 0 Å². The molecule has 0 heterocycles. The number of benzene rings is 2. The van der Waals surface area contributed by atoms with E-state index in [9.17, 15) is 18.0 Å². The summed E-state index contributed by atoms with van der Waals surface area (Å²) in [5.74, 6) is -0.477. The van der Waals surface area contributed by atoms with E-state index in [0.717, 1.165) is 17.7 Å². The average Bonchev–Trinajstić information content (AvgIpc) is 2.65. The third-order valence-electron chi connectivity index (χ3n) is 3.96. The molecular formula is C19H22F3N3O2. The Labute approximate surface area is 155 Å². The molecule has 0 saturated heterocycles. The second-order valence-corrected chi connectivity index (χ2v) is 5.94. The number of rotatable bonds is 8. The first-order chi connectivity index (χ1) is 12.8. The largest absolute Gasteiger partial charge is 0.416 e. The molecular weight excluding hydrogens is 359 g/mol. The molecule has 1 amide bonds. The number of nitrogens with two attached hydrogens (primary N) is 1. The van der Waals surface area contributed by atoms with Crippen LogP contribution in [0.25, 0.3) is 0 Å². The van der Waals surface area contributed by atoms with Gasteiger partial charge in [0.1, 0.15) is 0 Å². The van der Waals surface area contributed by atoms with Crippen molar-refractivity contribution >= 4 is 17.3 Å². The number of halogens is 3. The molecule has 146 valence electrons. The molecule has 2 aromatic carbocycles. The molecule has 4 N–H and O–H groups in total. The SMILES string of the molecule is COC(CN)CC(=O)Nc1cc(C(F)(F)F)ccc1NCc1ccccc1. The van der Waals surface area contributed by atoms with Crippen LogP contribution in [0.4, 0.5) is 24.5 Å². The summed E-state index contributed by atoms with van der Waals surface area (Å²) < 4.78 is 44.2. The number of anilines is 2. The quantitative estimate of drug-likeness (QED) is 0.653. The summed E-state index contributed by atoms with van der Waals surface area (Å²) in [7, 11) is 1.42. The Balaban J connectivity index is 2.20. The minimum Gasteiger partial charge on any atom is -0.380 e. The third-order valence-corrected chi connectivity index (χ3v) is 3.96. The molecule has 2 rings (SSSR count). The molecule has 1 atom stereocenters. The topological polar surface area (TPSA) is 76.4 Å². The lowest BCUT2D eigenvalue weighted by atomic mass is 10.1. The predicted molar refractivity (Wildman–Crippen MR) is 98.3 cm³/mol. The maximum Gasteiger partial charge on any atom is 0.416 e. The summed E-state index contributed by atoms with van der Waals surface area (Å²) in [5, 5.41) is 5.58. The van der Waals surface area contributed by atoms with E-state index in [1.165, 1.54) is 13.2 Å². The summed E-state index contributed by atoms with van der Waals surface area (Å²) in [5.41, 5.74) is 6.04. The Morgan fingerprint density at radius 3 is 2.44 bits per heavy atom. The van der Waals surface area contributed by atoms with Gasteiger partial charge >= 0.3 is 6.18 Å². The number of methoxy groups -OCH3 is 1. The maximum atomic E-state index is 13.0. The number of amides is 1. The fraction of sp³-hybridized carbons (Fsp3) is 0.316. The van der Waals surface area contributed by atoms with Gasteiger partial charge in [-0.25, -0.2) is 0 Å². The van der Waals surface area contributed by atoms with Crippen LogP contribution in [-0.2, 0) is 22.3 Å². The van der Waals surface area contributed by atoms with Gasteiger partial charge in [0.15, 0.2) is 0 Å². The molecule has 2 aromatic rings. The standard InChI is InChI=1S/C19H22F3N3O2/c1-27-15(11-23)10-18(26)25-17-9-14(19(20,21)22)7-8-16(17)24-12-13-5-3-2-4-6-13/h2-9,15,24H,10-12,23H2,1H3,(H,25,26). The summed E-state index contributed by atoms with van der Waals surface area (Å²) in [6.45, 7) is 0.532. The molecule has 0 aliphatic heterocycles. The van der Waals surface area contributed by atoms with Crippen LogP contribution in [-0.4, -0.2) is 25.7 Å². The second-order valence-electron chi connectivity index (χ2n) is 5.94. The molecule has 0 fully saturated rings. The summed E-state index contributed by atoms with van der Waals surface area (Å²) in [6.07, 6.45) is -5.07. The van der Waals surface area contributed by atoms with Gasteiger partial charge in [0.2, 0.25) is 5.91 Å². The normalized spacial score (nSPS) is 12.5. The van der Waals surface area contributed by atoms with E-state index in [-0.39, 0.29) is 18.7 Å². The van der Waals surface area contributed by atoms with Crippen LogP contribution in [0, 0.1) is 0 Å². The van der Waals surface area contributed by atoms with E-state index in [1.54, 1.807) is 0 Å². The molecule has 5 nitrogen and oxygen atoms in total. The fourth-order valence-electron chi connectivity index (χ4n) is 2.44. The molecule has 1 unspecified atom stereocenters. The molecule has 0 bridgehead atoms. The number of carbonyl (C=O) groups excluding carboxylic acids is 1. The highest BCUT2D eigenvalue weighted by Crippen LogP contribution is 2.34. The van der Waals surface area contributed by atoms with Gasteiger partial charge in [0.25, 0.3) is 0 Å². The molecule has 0 aromatic heterocycles. The molecule has 8 heteroatoms. The van der Waals surface area contributed by atoms with Crippen molar-refractivity contribution in [1.82, 2.24) is 0 Å². The van der Waals surface area contributed by atoms with Crippen molar-refractivity contribution in [2.45, 2.75) is 25.2 Å². The van der Waals surface area contributed by atoms with Crippen molar-refractivity contribution in [2.24, 2.45) is 5.73 Å². The van der Waals surface area contributed by atoms with E-state index in [0.29, 0.717) is 12.2 Å². The molecule has 0 aliphatic carbocycles. The fourth-order valence-corrected chi connectivity index (χ4v) is 2.44. The van der Waals surface area contributed by atoms with Crippen LogP contribution in [0.1, 0.15) is 17.5 Å². The van der Waals surface area contributed by atoms with Gasteiger partial charge in [-0.3, -0.25) is 4.79 Å². The minimum atomic E-state index is -4.51. The first-order valence-corrected chi connectivity index (χ1v) is 8.35. The Hall–Kier alpha value is -2.58. The van der Waals surface area contributed by atoms with Gasteiger partial charge in [0.05, 0.1) is 29.5 Å². The first-order valence-electron chi connectivity index (χ1n) is 8.35. The Kier molecular flexibility index (Phi) is 7.20. The van der Waals surface area contributed by atoms with E-state index < -0.39 is 23.8 Å². The number of hydrogen-bond acceptors (Lipinski definition) is 4. The van der Waals surface area contributed by atoms with E-state index in [4.69, 9.17) is 10.5 Å². The van der Waals surface area contributed by atoms with E-state index in [2.05, 4.69) is 10.6 Å². The summed E-state index contributed by atoms with van der Waals surface area (Å²) in [6, 6.07) is 12.6. The van der Waals surface area contributed by atoms with Crippen LogP contribution >= 0.6 is 0 Å². The van der Waals surface area contributed by atoms with Gasteiger partial charge in [-0.15, -0.1) is 0 Å². The van der Waals surface area contributed by atoms with Gasteiger partial charge in [-0.05, 0) is 23.8 Å². The van der Waals surface area contributed by atoms with Gasteiger partial charge in [-0.2, -0.15) is 13.2 Å². The Morgan fingerprint density at radius 1 is 1.15 bits per heavy atom. The van der Waals surface area contributed by atoms with Crippen molar-refractivity contribution < 1.29 is 22.7 Å². The van der Waals surface area contributed by atoms with Crippen LogP contribution in [0.15, 0.2) is 48.5 Å². The lowest BCUT2D eigenvalue weighted by Crippen LogP contribution is -2.28. The highest BCUT2D eigenvalue weighted by atomic mass is 19.4. The number of alkyl halides is 3. The monoisotopic (exact) mass is 381 g/mol. The van der Waals surface area contributed by atoms with Crippen LogP contribution < -0.4 is 16.4 Å². The van der Waals surface area contributed by atoms with Crippen LogP contribution in [0.2, 0.25) is 0 Å². The number of carbonyl (C=O) groups is 1. The van der Waals surface area contributed by atoms with E-state index >= 15 is 0 Å². The molecule has 0 saturated carbocycles. The first kappa shape index (κ1) is 20.7. The van der Waals surface area contributed by atoms with Gasteiger partial charge in [-0.1, -0.05) is 30.3 Å². The highest BCUT2D eigenvalue weighted by Gasteiger charge is 2.31. The minimum absolute atomic E-state index is 0.0534. The van der Waals surface area contributed by atoms with E-state index in [1.807, 2.05) is 30.3 Å². The smallest absolute Gasteiger partial charge is 0.380 e. The third kappa shape index (κ3) is 6.26. The predicted octanol–water partition coefficient (Wildman–Crippen LogP) is 3.62. The van der Waals surface area contributed by atoms with Gasteiger partial charge in [0, 0.05) is 20.2 Å². The lowest BCUT2D eigenvalue weighted by Gasteiger charge is -2.17. The summed E-state index contributed by atoms with van der Waals surface area (Å²) >= 11 is 0. The van der Waals surface area contributed by atoms with Crippen LogP contribution in [0.5, 0.6) is 0 Å². The van der Waals surface area contributed by atoms with Crippen molar-refractivity contribution in [1.29, 1.82) is 0 Å². The molecule has 27 heavy (non-hydrogen) atoms. The molecule has 0 radical (unpaired) electrons. The second kappa shape index (κ2) is 9.38. The Bertz CT molecular complexity index is 748. The van der Waals surface area contributed by atoms with Crippen molar-refractivity contribution in [2.75, 3.05) is 24.3 Å².